The molecular weight excluding hydrogens is 328 g/mol. The standard InChI is InChI=1S/C17H24N2O6/c1-16(2,3)24-15(22)19-11-17(4,14(21)25-18)13(20)23-10-12-8-6-5-7-9-12/h5-9H,10-11,18H2,1-4H3,(H,19,22). The van der Waals surface area contributed by atoms with E-state index in [1.165, 1.54) is 6.92 Å². The lowest BCUT2D eigenvalue weighted by molar-refractivity contribution is -0.172. The molecule has 8 nitrogen and oxygen atoms in total. The van der Waals surface area contributed by atoms with Gasteiger partial charge in [0.1, 0.15) is 12.2 Å². The molecule has 0 fully saturated rings. The Hall–Kier alpha value is -2.61. The van der Waals surface area contributed by atoms with Crippen molar-refractivity contribution in [1.29, 1.82) is 0 Å². The van der Waals surface area contributed by atoms with Crippen LogP contribution in [0.25, 0.3) is 0 Å². The van der Waals surface area contributed by atoms with Crippen LogP contribution in [0.15, 0.2) is 30.3 Å². The SMILES string of the molecule is CC(C)(C)OC(=O)NCC(C)(C(=O)ON)C(=O)OCc1ccccc1. The van der Waals surface area contributed by atoms with Crippen LogP contribution in [-0.2, 0) is 30.5 Å². The Morgan fingerprint density at radius 2 is 1.64 bits per heavy atom. The number of rotatable bonds is 6. The third-order valence-electron chi connectivity index (χ3n) is 3.21. The van der Waals surface area contributed by atoms with Crippen molar-refractivity contribution < 1.29 is 28.7 Å². The maximum absolute atomic E-state index is 12.4. The summed E-state index contributed by atoms with van der Waals surface area (Å²) in [6.07, 6.45) is -0.778. The maximum Gasteiger partial charge on any atom is 0.407 e. The molecule has 0 aliphatic heterocycles. The Morgan fingerprint density at radius 1 is 1.04 bits per heavy atom. The molecule has 1 rings (SSSR count). The number of carbonyl (C=O) groups is 3. The Balaban J connectivity index is 2.75. The first-order valence-corrected chi connectivity index (χ1v) is 7.67. The Labute approximate surface area is 146 Å². The second kappa shape index (κ2) is 8.48. The predicted octanol–water partition coefficient (Wildman–Crippen LogP) is 1.68. The number of nitrogens with two attached hydrogens (primary N) is 1. The molecule has 1 unspecified atom stereocenters. The molecule has 1 aromatic carbocycles. The van der Waals surface area contributed by atoms with Gasteiger partial charge in [0, 0.05) is 6.54 Å². The average Bonchev–Trinajstić information content (AvgIpc) is 2.56. The van der Waals surface area contributed by atoms with Crippen molar-refractivity contribution in [3.8, 4) is 0 Å². The molecule has 25 heavy (non-hydrogen) atoms. The smallest absolute Gasteiger partial charge is 0.407 e. The molecule has 0 aromatic heterocycles. The minimum absolute atomic E-state index is 0.0282. The van der Waals surface area contributed by atoms with E-state index in [1.807, 2.05) is 6.07 Å². The quantitative estimate of drug-likeness (QED) is 0.454. The van der Waals surface area contributed by atoms with Crippen molar-refractivity contribution >= 4 is 18.0 Å². The summed E-state index contributed by atoms with van der Waals surface area (Å²) >= 11 is 0. The summed E-state index contributed by atoms with van der Waals surface area (Å²) in [6, 6.07) is 8.95. The van der Waals surface area contributed by atoms with Crippen molar-refractivity contribution in [3.05, 3.63) is 35.9 Å². The summed E-state index contributed by atoms with van der Waals surface area (Å²) in [5, 5.41) is 2.36. The first-order chi connectivity index (χ1) is 11.6. The topological polar surface area (TPSA) is 117 Å². The Bertz CT molecular complexity index is 611. The van der Waals surface area contributed by atoms with Gasteiger partial charge in [-0.2, -0.15) is 5.90 Å². The Kier molecular flexibility index (Phi) is 6.93. The molecule has 0 bridgehead atoms. The molecular formula is C17H24N2O6. The molecule has 8 heteroatoms. The number of esters is 1. The highest BCUT2D eigenvalue weighted by molar-refractivity contribution is 6.00. The van der Waals surface area contributed by atoms with Gasteiger partial charge in [-0.15, -0.1) is 0 Å². The van der Waals surface area contributed by atoms with Crippen molar-refractivity contribution in [2.75, 3.05) is 6.54 Å². The summed E-state index contributed by atoms with van der Waals surface area (Å²) in [7, 11) is 0. The van der Waals surface area contributed by atoms with E-state index in [9.17, 15) is 14.4 Å². The van der Waals surface area contributed by atoms with Crippen molar-refractivity contribution in [2.45, 2.75) is 39.9 Å². The lowest BCUT2D eigenvalue weighted by Crippen LogP contribution is -2.49. The average molecular weight is 352 g/mol. The third kappa shape index (κ3) is 6.42. The van der Waals surface area contributed by atoms with E-state index in [4.69, 9.17) is 15.4 Å². The zero-order chi connectivity index (χ0) is 19.1. The van der Waals surface area contributed by atoms with Crippen LogP contribution in [-0.4, -0.2) is 30.2 Å². The molecule has 1 atom stereocenters. The van der Waals surface area contributed by atoms with Crippen LogP contribution in [0.5, 0.6) is 0 Å². The van der Waals surface area contributed by atoms with Gasteiger partial charge in [-0.3, -0.25) is 4.79 Å². The van der Waals surface area contributed by atoms with Crippen molar-refractivity contribution in [1.82, 2.24) is 5.32 Å². The van der Waals surface area contributed by atoms with Gasteiger partial charge < -0.3 is 19.6 Å². The van der Waals surface area contributed by atoms with E-state index < -0.39 is 29.0 Å². The summed E-state index contributed by atoms with van der Waals surface area (Å²) in [6.45, 7) is 5.92. The second-order valence-electron chi connectivity index (χ2n) is 6.65. The number of amides is 1. The van der Waals surface area contributed by atoms with Gasteiger partial charge in [0.15, 0.2) is 5.41 Å². The first kappa shape index (κ1) is 20.4. The number of hydrogen-bond acceptors (Lipinski definition) is 7. The fourth-order valence-electron chi connectivity index (χ4n) is 1.80. The fraction of sp³-hybridized carbons (Fsp3) is 0.471. The largest absolute Gasteiger partial charge is 0.460 e. The van der Waals surface area contributed by atoms with Crippen molar-refractivity contribution in [3.63, 3.8) is 0 Å². The number of alkyl carbamates (subject to hydrolysis) is 1. The van der Waals surface area contributed by atoms with Crippen LogP contribution in [0.4, 0.5) is 4.79 Å². The van der Waals surface area contributed by atoms with Crippen LogP contribution < -0.4 is 11.2 Å². The van der Waals surface area contributed by atoms with Crippen molar-refractivity contribution in [2.24, 2.45) is 11.3 Å². The summed E-state index contributed by atoms with van der Waals surface area (Å²) in [5.41, 5.74) is -1.78. The molecule has 3 N–H and O–H groups in total. The van der Waals surface area contributed by atoms with E-state index >= 15 is 0 Å². The Morgan fingerprint density at radius 3 is 2.16 bits per heavy atom. The van der Waals surface area contributed by atoms with E-state index in [1.54, 1.807) is 45.0 Å². The molecule has 0 aliphatic rings. The van der Waals surface area contributed by atoms with Gasteiger partial charge in [0.25, 0.3) is 0 Å². The van der Waals surface area contributed by atoms with Gasteiger partial charge in [0.2, 0.25) is 0 Å². The number of hydrogen-bond donors (Lipinski definition) is 2. The van der Waals surface area contributed by atoms with Crippen LogP contribution in [0.1, 0.15) is 33.3 Å². The molecule has 0 radical (unpaired) electrons. The highest BCUT2D eigenvalue weighted by atomic mass is 16.7. The van der Waals surface area contributed by atoms with Gasteiger partial charge in [0.05, 0.1) is 0 Å². The molecule has 0 saturated heterocycles. The number of benzene rings is 1. The second-order valence-corrected chi connectivity index (χ2v) is 6.65. The lowest BCUT2D eigenvalue weighted by atomic mass is 9.91. The minimum Gasteiger partial charge on any atom is -0.460 e. The van der Waals surface area contributed by atoms with Gasteiger partial charge in [-0.1, -0.05) is 30.3 Å². The zero-order valence-corrected chi connectivity index (χ0v) is 14.8. The van der Waals surface area contributed by atoms with E-state index in [2.05, 4.69) is 10.2 Å². The first-order valence-electron chi connectivity index (χ1n) is 7.67. The molecule has 0 spiro atoms. The van der Waals surface area contributed by atoms with Crippen LogP contribution in [0.3, 0.4) is 0 Å². The van der Waals surface area contributed by atoms with E-state index in [0.717, 1.165) is 5.56 Å². The van der Waals surface area contributed by atoms with Gasteiger partial charge in [-0.25, -0.2) is 9.59 Å². The maximum atomic E-state index is 12.4. The summed E-state index contributed by atoms with van der Waals surface area (Å²) < 4.78 is 10.2. The lowest BCUT2D eigenvalue weighted by Gasteiger charge is -2.25. The third-order valence-corrected chi connectivity index (χ3v) is 3.21. The van der Waals surface area contributed by atoms with Crippen LogP contribution in [0, 0.1) is 5.41 Å². The van der Waals surface area contributed by atoms with Crippen LogP contribution >= 0.6 is 0 Å². The molecule has 0 saturated carbocycles. The fourth-order valence-corrected chi connectivity index (χ4v) is 1.80. The monoisotopic (exact) mass is 352 g/mol. The predicted molar refractivity (Wildman–Crippen MR) is 88.9 cm³/mol. The van der Waals surface area contributed by atoms with E-state index in [-0.39, 0.29) is 13.2 Å². The number of nitrogens with one attached hydrogen (secondary N) is 1. The van der Waals surface area contributed by atoms with Gasteiger partial charge in [-0.05, 0) is 33.3 Å². The summed E-state index contributed by atoms with van der Waals surface area (Å²) in [5.74, 6) is 3.01. The minimum atomic E-state index is -1.81. The highest BCUT2D eigenvalue weighted by Gasteiger charge is 2.45. The number of carbonyl (C=O) groups excluding carboxylic acids is 3. The normalized spacial score (nSPS) is 13.3. The summed E-state index contributed by atoms with van der Waals surface area (Å²) in [4.78, 5) is 40.2. The molecule has 1 aromatic rings. The van der Waals surface area contributed by atoms with Gasteiger partial charge >= 0.3 is 18.0 Å². The molecule has 0 heterocycles. The molecule has 138 valence electrons. The number of ether oxygens (including phenoxy) is 2. The van der Waals surface area contributed by atoms with Crippen LogP contribution in [0.2, 0.25) is 0 Å². The highest BCUT2D eigenvalue weighted by Crippen LogP contribution is 2.21. The van der Waals surface area contributed by atoms with E-state index in [0.29, 0.717) is 0 Å². The molecule has 0 aliphatic carbocycles. The molecule has 1 amide bonds. The zero-order valence-electron chi connectivity index (χ0n) is 14.8.